The quantitative estimate of drug-likeness (QED) is 0.884. The van der Waals surface area contributed by atoms with Gasteiger partial charge in [-0.1, -0.05) is 16.8 Å². The lowest BCUT2D eigenvalue weighted by Gasteiger charge is -2.10. The first-order valence-corrected chi connectivity index (χ1v) is 6.88. The van der Waals surface area contributed by atoms with Gasteiger partial charge in [0.25, 0.3) is 0 Å². The van der Waals surface area contributed by atoms with Gasteiger partial charge in [-0.3, -0.25) is 0 Å². The number of benzene rings is 1. The van der Waals surface area contributed by atoms with Crippen LogP contribution in [-0.4, -0.2) is 37.4 Å². The zero-order valence-electron chi connectivity index (χ0n) is 12.4. The van der Waals surface area contributed by atoms with Crippen LogP contribution in [0, 0.1) is 0 Å². The molecular weight excluding hydrogens is 294 g/mol. The molecule has 1 heterocycles. The minimum atomic E-state index is 0.257. The van der Waals surface area contributed by atoms with Crippen molar-refractivity contribution in [1.29, 1.82) is 0 Å². The van der Waals surface area contributed by atoms with Gasteiger partial charge < -0.3 is 19.3 Å². The van der Waals surface area contributed by atoms with Gasteiger partial charge in [0.15, 0.2) is 11.5 Å². The molecule has 0 spiro atoms. The van der Waals surface area contributed by atoms with Crippen LogP contribution in [0.15, 0.2) is 16.7 Å². The van der Waals surface area contributed by atoms with Gasteiger partial charge >= 0.3 is 0 Å². The SMILES string of the molecule is CNC(C)Cc1nc(-c2cc(Cl)c(OC)c(OC)c2)no1. The number of hydrogen-bond acceptors (Lipinski definition) is 6. The fraction of sp³-hybridized carbons (Fsp3) is 0.429. The number of nitrogens with one attached hydrogen (secondary N) is 1. The Morgan fingerprint density at radius 1 is 1.33 bits per heavy atom. The largest absolute Gasteiger partial charge is 0.493 e. The number of methoxy groups -OCH3 is 2. The van der Waals surface area contributed by atoms with Gasteiger partial charge in [0, 0.05) is 18.0 Å². The molecule has 0 saturated heterocycles. The first-order valence-electron chi connectivity index (χ1n) is 6.50. The van der Waals surface area contributed by atoms with Crippen LogP contribution in [0.25, 0.3) is 11.4 Å². The number of halogens is 1. The molecule has 21 heavy (non-hydrogen) atoms. The molecule has 1 atom stereocenters. The third kappa shape index (κ3) is 3.46. The maximum Gasteiger partial charge on any atom is 0.228 e. The molecule has 1 unspecified atom stereocenters. The van der Waals surface area contributed by atoms with Crippen LogP contribution in [0.4, 0.5) is 0 Å². The van der Waals surface area contributed by atoms with Crippen LogP contribution < -0.4 is 14.8 Å². The highest BCUT2D eigenvalue weighted by molar-refractivity contribution is 6.32. The zero-order valence-corrected chi connectivity index (χ0v) is 13.2. The second kappa shape index (κ2) is 6.78. The fourth-order valence-corrected chi connectivity index (χ4v) is 2.15. The molecule has 2 aromatic rings. The smallest absolute Gasteiger partial charge is 0.228 e. The zero-order chi connectivity index (χ0) is 15.4. The molecule has 0 aliphatic carbocycles. The topological polar surface area (TPSA) is 69.4 Å². The molecule has 114 valence electrons. The van der Waals surface area contributed by atoms with E-state index in [0.717, 1.165) is 0 Å². The Balaban J connectivity index is 2.32. The summed E-state index contributed by atoms with van der Waals surface area (Å²) in [5, 5.41) is 7.53. The highest BCUT2D eigenvalue weighted by Crippen LogP contribution is 2.38. The van der Waals surface area contributed by atoms with Crippen molar-refractivity contribution in [2.45, 2.75) is 19.4 Å². The fourth-order valence-electron chi connectivity index (χ4n) is 1.87. The van der Waals surface area contributed by atoms with Crippen LogP contribution in [-0.2, 0) is 6.42 Å². The summed E-state index contributed by atoms with van der Waals surface area (Å²) in [7, 11) is 4.97. The van der Waals surface area contributed by atoms with E-state index in [4.69, 9.17) is 25.6 Å². The Labute approximate surface area is 128 Å². The predicted octanol–water partition coefficient (Wildman–Crippen LogP) is 2.56. The van der Waals surface area contributed by atoms with E-state index in [1.54, 1.807) is 19.2 Å². The third-order valence-electron chi connectivity index (χ3n) is 3.13. The molecular formula is C14H18ClN3O3. The number of ether oxygens (including phenoxy) is 2. The van der Waals surface area contributed by atoms with Gasteiger partial charge in [0.1, 0.15) is 0 Å². The lowest BCUT2D eigenvalue weighted by Crippen LogP contribution is -2.23. The Hall–Kier alpha value is -1.79. The van der Waals surface area contributed by atoms with Gasteiger partial charge in [0.05, 0.1) is 19.2 Å². The minimum absolute atomic E-state index is 0.257. The third-order valence-corrected chi connectivity index (χ3v) is 3.41. The van der Waals surface area contributed by atoms with Crippen molar-refractivity contribution >= 4 is 11.6 Å². The van der Waals surface area contributed by atoms with Gasteiger partial charge in [-0.25, -0.2) is 0 Å². The average Bonchev–Trinajstić information content (AvgIpc) is 2.94. The van der Waals surface area contributed by atoms with Gasteiger partial charge in [0.2, 0.25) is 11.7 Å². The maximum atomic E-state index is 6.18. The molecule has 6 nitrogen and oxygen atoms in total. The second-order valence-corrected chi connectivity index (χ2v) is 5.01. The number of nitrogens with zero attached hydrogens (tertiary/aromatic N) is 2. The molecule has 1 aromatic carbocycles. The summed E-state index contributed by atoms with van der Waals surface area (Å²) in [5.41, 5.74) is 0.713. The first kappa shape index (κ1) is 15.6. The Kier molecular flexibility index (Phi) is 5.03. The molecule has 0 saturated carbocycles. The molecule has 0 amide bonds. The van der Waals surface area contributed by atoms with Crippen molar-refractivity contribution in [3.63, 3.8) is 0 Å². The van der Waals surface area contributed by atoms with E-state index in [0.29, 0.717) is 40.2 Å². The van der Waals surface area contributed by atoms with E-state index in [1.165, 1.54) is 7.11 Å². The lowest BCUT2D eigenvalue weighted by molar-refractivity contribution is 0.355. The number of rotatable bonds is 6. The first-order chi connectivity index (χ1) is 10.1. The predicted molar refractivity (Wildman–Crippen MR) is 80.1 cm³/mol. The number of hydrogen-bond donors (Lipinski definition) is 1. The number of aromatic nitrogens is 2. The Bertz CT molecular complexity index is 616. The molecule has 0 aliphatic heterocycles. The van der Waals surface area contributed by atoms with Crippen LogP contribution >= 0.6 is 11.6 Å². The van der Waals surface area contributed by atoms with Crippen molar-refractivity contribution in [2.24, 2.45) is 0 Å². The van der Waals surface area contributed by atoms with E-state index in [1.807, 2.05) is 14.0 Å². The highest BCUT2D eigenvalue weighted by atomic mass is 35.5. The highest BCUT2D eigenvalue weighted by Gasteiger charge is 2.16. The summed E-state index contributed by atoms with van der Waals surface area (Å²) >= 11 is 6.18. The summed E-state index contributed by atoms with van der Waals surface area (Å²) in [6, 6.07) is 3.74. The van der Waals surface area contributed by atoms with Gasteiger partial charge in [-0.2, -0.15) is 4.98 Å². The lowest BCUT2D eigenvalue weighted by atomic mass is 10.2. The van der Waals surface area contributed by atoms with E-state index >= 15 is 0 Å². The number of likely N-dealkylation sites (N-methyl/N-ethyl adjacent to an activating group) is 1. The average molecular weight is 312 g/mol. The summed E-state index contributed by atoms with van der Waals surface area (Å²) in [4.78, 5) is 4.37. The minimum Gasteiger partial charge on any atom is -0.493 e. The van der Waals surface area contributed by atoms with Crippen LogP contribution in [0.5, 0.6) is 11.5 Å². The molecule has 0 aliphatic rings. The van der Waals surface area contributed by atoms with Crippen molar-refractivity contribution in [2.75, 3.05) is 21.3 Å². The molecule has 0 radical (unpaired) electrons. The summed E-state index contributed by atoms with van der Waals surface area (Å²) in [5.74, 6) is 2.04. The van der Waals surface area contributed by atoms with E-state index < -0.39 is 0 Å². The van der Waals surface area contributed by atoms with Crippen molar-refractivity contribution in [3.05, 3.63) is 23.0 Å². The van der Waals surface area contributed by atoms with Gasteiger partial charge in [-0.05, 0) is 26.1 Å². The molecule has 2 rings (SSSR count). The van der Waals surface area contributed by atoms with Crippen molar-refractivity contribution < 1.29 is 14.0 Å². The molecule has 1 aromatic heterocycles. The molecule has 1 N–H and O–H groups in total. The second-order valence-electron chi connectivity index (χ2n) is 4.60. The van der Waals surface area contributed by atoms with Crippen molar-refractivity contribution in [1.82, 2.24) is 15.5 Å². The monoisotopic (exact) mass is 311 g/mol. The summed E-state index contributed by atoms with van der Waals surface area (Å²) in [6.45, 7) is 2.04. The maximum absolute atomic E-state index is 6.18. The molecule has 0 fully saturated rings. The van der Waals surface area contributed by atoms with Crippen LogP contribution in [0.3, 0.4) is 0 Å². The summed E-state index contributed by atoms with van der Waals surface area (Å²) in [6.07, 6.45) is 0.657. The van der Waals surface area contributed by atoms with E-state index in [-0.39, 0.29) is 6.04 Å². The van der Waals surface area contributed by atoms with E-state index in [9.17, 15) is 0 Å². The standard InChI is InChI=1S/C14H18ClN3O3/c1-8(16-2)5-12-17-14(18-21-12)9-6-10(15)13(20-4)11(7-9)19-3/h6-8,16H,5H2,1-4H3. The molecule has 0 bridgehead atoms. The van der Waals surface area contributed by atoms with Gasteiger partial charge in [-0.15, -0.1) is 0 Å². The van der Waals surface area contributed by atoms with Crippen molar-refractivity contribution in [3.8, 4) is 22.9 Å². The normalized spacial score (nSPS) is 12.2. The van der Waals surface area contributed by atoms with Crippen LogP contribution in [0.2, 0.25) is 5.02 Å². The van der Waals surface area contributed by atoms with E-state index in [2.05, 4.69) is 15.5 Å². The summed E-state index contributed by atoms with van der Waals surface area (Å²) < 4.78 is 15.7. The molecule has 7 heteroatoms. The Morgan fingerprint density at radius 2 is 2.10 bits per heavy atom. The van der Waals surface area contributed by atoms with Crippen LogP contribution in [0.1, 0.15) is 12.8 Å². The Morgan fingerprint density at radius 3 is 2.71 bits per heavy atom.